The van der Waals surface area contributed by atoms with Crippen LogP contribution in [0.15, 0.2) is 0 Å². The molecule has 1 N–H and O–H groups in total. The minimum absolute atomic E-state index is 0.120. The fourth-order valence-corrected chi connectivity index (χ4v) is 1.92. The minimum Gasteiger partial charge on any atom is -0.354 e. The SMILES string of the molecule is CC.CC(=O)NC1CCCC(C)CC1. The first-order chi connectivity index (χ1) is 6.68. The van der Waals surface area contributed by atoms with Crippen molar-refractivity contribution in [2.45, 2.75) is 65.8 Å². The molecular formula is C12H25NO. The van der Waals surface area contributed by atoms with E-state index in [1.807, 2.05) is 13.8 Å². The van der Waals surface area contributed by atoms with Gasteiger partial charge in [0.25, 0.3) is 0 Å². The zero-order valence-corrected chi connectivity index (χ0v) is 10.1. The Hall–Kier alpha value is -0.530. The van der Waals surface area contributed by atoms with Gasteiger partial charge in [-0.2, -0.15) is 0 Å². The molecule has 1 aliphatic carbocycles. The predicted octanol–water partition coefficient (Wildman–Crippen LogP) is 3.12. The summed E-state index contributed by atoms with van der Waals surface area (Å²) in [6, 6.07) is 0.451. The van der Waals surface area contributed by atoms with Crippen molar-refractivity contribution in [2.75, 3.05) is 0 Å². The normalized spacial score (nSPS) is 26.9. The first-order valence-electron chi connectivity index (χ1n) is 5.95. The van der Waals surface area contributed by atoms with Gasteiger partial charge in [-0.3, -0.25) is 4.79 Å². The van der Waals surface area contributed by atoms with E-state index < -0.39 is 0 Å². The zero-order chi connectivity index (χ0) is 11.0. The Morgan fingerprint density at radius 3 is 2.36 bits per heavy atom. The van der Waals surface area contributed by atoms with E-state index in [1.54, 1.807) is 6.92 Å². The lowest BCUT2D eigenvalue weighted by Gasteiger charge is -2.14. The predicted molar refractivity (Wildman–Crippen MR) is 61.2 cm³/mol. The van der Waals surface area contributed by atoms with Gasteiger partial charge in [-0.25, -0.2) is 0 Å². The highest BCUT2D eigenvalue weighted by atomic mass is 16.1. The summed E-state index contributed by atoms with van der Waals surface area (Å²) in [6.45, 7) is 7.91. The lowest BCUT2D eigenvalue weighted by atomic mass is 10.0. The number of carbonyl (C=O) groups is 1. The number of nitrogens with one attached hydrogen (secondary N) is 1. The Balaban J connectivity index is 0.000000791. The van der Waals surface area contributed by atoms with Gasteiger partial charge < -0.3 is 5.32 Å². The molecule has 2 unspecified atom stereocenters. The van der Waals surface area contributed by atoms with Gasteiger partial charge in [0.1, 0.15) is 0 Å². The second-order valence-electron chi connectivity index (χ2n) is 4.01. The molecular weight excluding hydrogens is 174 g/mol. The molecule has 0 radical (unpaired) electrons. The summed E-state index contributed by atoms with van der Waals surface area (Å²) in [7, 11) is 0. The van der Waals surface area contributed by atoms with Crippen molar-refractivity contribution in [3.63, 3.8) is 0 Å². The quantitative estimate of drug-likeness (QED) is 0.646. The van der Waals surface area contributed by atoms with Crippen LogP contribution in [0.5, 0.6) is 0 Å². The summed E-state index contributed by atoms with van der Waals surface area (Å²) in [4.78, 5) is 10.8. The first kappa shape index (κ1) is 13.5. The molecule has 0 aliphatic heterocycles. The molecule has 1 amide bonds. The van der Waals surface area contributed by atoms with Gasteiger partial charge in [-0.05, 0) is 25.2 Å². The van der Waals surface area contributed by atoms with Gasteiger partial charge >= 0.3 is 0 Å². The van der Waals surface area contributed by atoms with Crippen molar-refractivity contribution in [1.29, 1.82) is 0 Å². The van der Waals surface area contributed by atoms with Crippen LogP contribution in [0.3, 0.4) is 0 Å². The van der Waals surface area contributed by atoms with Crippen LogP contribution >= 0.6 is 0 Å². The second kappa shape index (κ2) is 7.84. The molecule has 0 aromatic heterocycles. The second-order valence-corrected chi connectivity index (χ2v) is 4.01. The molecule has 0 aromatic carbocycles. The maximum atomic E-state index is 10.8. The molecule has 1 saturated carbocycles. The summed E-state index contributed by atoms with van der Waals surface area (Å²) < 4.78 is 0. The molecule has 1 rings (SSSR count). The van der Waals surface area contributed by atoms with Crippen LogP contribution in [-0.2, 0) is 4.79 Å². The molecule has 14 heavy (non-hydrogen) atoms. The van der Waals surface area contributed by atoms with E-state index in [4.69, 9.17) is 0 Å². The highest BCUT2D eigenvalue weighted by Gasteiger charge is 2.16. The van der Waals surface area contributed by atoms with Gasteiger partial charge in [0, 0.05) is 13.0 Å². The van der Waals surface area contributed by atoms with E-state index >= 15 is 0 Å². The Morgan fingerprint density at radius 2 is 1.79 bits per heavy atom. The van der Waals surface area contributed by atoms with Crippen LogP contribution in [0.2, 0.25) is 0 Å². The zero-order valence-electron chi connectivity index (χ0n) is 10.1. The Labute approximate surface area is 88.5 Å². The summed E-state index contributed by atoms with van der Waals surface area (Å²) in [5.74, 6) is 0.971. The maximum Gasteiger partial charge on any atom is 0.217 e. The molecule has 0 saturated heterocycles. The van der Waals surface area contributed by atoms with Crippen LogP contribution in [0, 0.1) is 5.92 Å². The third-order valence-electron chi connectivity index (χ3n) is 2.66. The standard InChI is InChI=1S/C10H19NO.C2H6/c1-8-4-3-5-10(7-6-8)11-9(2)12;1-2/h8,10H,3-7H2,1-2H3,(H,11,12);1-2H3. The number of hydrogen-bond donors (Lipinski definition) is 1. The van der Waals surface area contributed by atoms with Crippen molar-refractivity contribution >= 4 is 5.91 Å². The van der Waals surface area contributed by atoms with Gasteiger partial charge in [0.2, 0.25) is 5.91 Å². The Kier molecular flexibility index (Phi) is 7.54. The lowest BCUT2D eigenvalue weighted by molar-refractivity contribution is -0.119. The van der Waals surface area contributed by atoms with Crippen molar-refractivity contribution in [3.05, 3.63) is 0 Å². The van der Waals surface area contributed by atoms with E-state index in [0.717, 1.165) is 5.92 Å². The Bertz CT molecular complexity index is 156. The number of hydrogen-bond acceptors (Lipinski definition) is 1. The summed E-state index contributed by atoms with van der Waals surface area (Å²) in [6.07, 6.45) is 6.21. The third kappa shape index (κ3) is 6.01. The maximum absolute atomic E-state index is 10.8. The topological polar surface area (TPSA) is 29.1 Å². The van der Waals surface area contributed by atoms with E-state index in [9.17, 15) is 4.79 Å². The van der Waals surface area contributed by atoms with Crippen LogP contribution in [-0.4, -0.2) is 11.9 Å². The van der Waals surface area contributed by atoms with Gasteiger partial charge in [-0.1, -0.05) is 33.6 Å². The highest BCUT2D eigenvalue weighted by molar-refractivity contribution is 5.73. The minimum atomic E-state index is 0.120. The van der Waals surface area contributed by atoms with Crippen molar-refractivity contribution in [3.8, 4) is 0 Å². The largest absolute Gasteiger partial charge is 0.354 e. The monoisotopic (exact) mass is 199 g/mol. The van der Waals surface area contributed by atoms with Gasteiger partial charge in [0.05, 0.1) is 0 Å². The summed E-state index contributed by atoms with van der Waals surface area (Å²) in [5, 5.41) is 3.00. The highest BCUT2D eigenvalue weighted by Crippen LogP contribution is 2.22. The van der Waals surface area contributed by atoms with Crippen LogP contribution in [0.4, 0.5) is 0 Å². The smallest absolute Gasteiger partial charge is 0.217 e. The van der Waals surface area contributed by atoms with Gasteiger partial charge in [0.15, 0.2) is 0 Å². The van der Waals surface area contributed by atoms with Crippen molar-refractivity contribution in [2.24, 2.45) is 5.92 Å². The number of rotatable bonds is 1. The molecule has 0 aromatic rings. The average Bonchev–Trinajstić information content (AvgIpc) is 2.34. The summed E-state index contributed by atoms with van der Waals surface area (Å²) >= 11 is 0. The average molecular weight is 199 g/mol. The number of amides is 1. The van der Waals surface area contributed by atoms with E-state index in [2.05, 4.69) is 12.2 Å². The number of carbonyl (C=O) groups excluding carboxylic acids is 1. The lowest BCUT2D eigenvalue weighted by Crippen LogP contribution is -2.32. The molecule has 0 heterocycles. The van der Waals surface area contributed by atoms with Crippen molar-refractivity contribution < 1.29 is 4.79 Å². The fraction of sp³-hybridized carbons (Fsp3) is 0.917. The van der Waals surface area contributed by atoms with Gasteiger partial charge in [-0.15, -0.1) is 0 Å². The molecule has 0 spiro atoms. The van der Waals surface area contributed by atoms with Crippen LogP contribution in [0.1, 0.15) is 59.8 Å². The van der Waals surface area contributed by atoms with Crippen LogP contribution < -0.4 is 5.32 Å². The Morgan fingerprint density at radius 1 is 1.14 bits per heavy atom. The molecule has 1 aliphatic rings. The molecule has 2 heteroatoms. The first-order valence-corrected chi connectivity index (χ1v) is 5.95. The van der Waals surface area contributed by atoms with E-state index in [-0.39, 0.29) is 5.91 Å². The summed E-state index contributed by atoms with van der Waals surface area (Å²) in [5.41, 5.74) is 0. The molecule has 2 atom stereocenters. The van der Waals surface area contributed by atoms with Crippen LogP contribution in [0.25, 0.3) is 0 Å². The van der Waals surface area contributed by atoms with E-state index in [0.29, 0.717) is 6.04 Å². The van der Waals surface area contributed by atoms with E-state index in [1.165, 1.54) is 32.1 Å². The fourth-order valence-electron chi connectivity index (χ4n) is 1.92. The third-order valence-corrected chi connectivity index (χ3v) is 2.66. The molecule has 0 bridgehead atoms. The molecule has 84 valence electrons. The molecule has 2 nitrogen and oxygen atoms in total. The molecule has 1 fully saturated rings. The van der Waals surface area contributed by atoms with Crippen molar-refractivity contribution in [1.82, 2.24) is 5.32 Å².